The van der Waals surface area contributed by atoms with E-state index in [9.17, 15) is 4.79 Å². The quantitative estimate of drug-likeness (QED) is 0.713. The molecule has 0 unspecified atom stereocenters. The lowest BCUT2D eigenvalue weighted by Crippen LogP contribution is -2.49. The number of nitrogens with two attached hydrogens (primary N) is 1. The number of ether oxygens (including phenoxy) is 1. The Morgan fingerprint density at radius 2 is 1.80 bits per heavy atom. The number of nitrogens with zero attached hydrogens (tertiary/aromatic N) is 5. The summed E-state index contributed by atoms with van der Waals surface area (Å²) >= 11 is 0. The maximum atomic E-state index is 12.9. The summed E-state index contributed by atoms with van der Waals surface area (Å²) in [5, 5.41) is 0. The van der Waals surface area contributed by atoms with Crippen LogP contribution in [0.5, 0.6) is 5.75 Å². The van der Waals surface area contributed by atoms with Crippen LogP contribution in [-0.2, 0) is 0 Å². The van der Waals surface area contributed by atoms with E-state index in [4.69, 9.17) is 10.5 Å². The number of pyridine rings is 1. The normalized spacial score (nSPS) is 13.9. The molecule has 8 heteroatoms. The molecule has 1 aromatic carbocycles. The largest absolute Gasteiger partial charge is 0.494 e. The smallest absolute Gasteiger partial charge is 0.253 e. The van der Waals surface area contributed by atoms with Crippen molar-refractivity contribution in [1.82, 2.24) is 19.9 Å². The third-order valence-electron chi connectivity index (χ3n) is 5.20. The van der Waals surface area contributed by atoms with E-state index in [2.05, 4.69) is 19.9 Å². The van der Waals surface area contributed by atoms with E-state index in [-0.39, 0.29) is 11.9 Å². The summed E-state index contributed by atoms with van der Waals surface area (Å²) in [4.78, 5) is 29.5. The van der Waals surface area contributed by atoms with E-state index in [0.717, 1.165) is 22.6 Å². The molecule has 3 heterocycles. The molecular formula is C22H24N6O2. The van der Waals surface area contributed by atoms with Crippen molar-refractivity contribution in [3.63, 3.8) is 0 Å². The first-order valence-electron chi connectivity index (χ1n) is 9.79. The highest BCUT2D eigenvalue weighted by molar-refractivity contribution is 5.95. The third-order valence-corrected chi connectivity index (χ3v) is 5.20. The molecule has 0 aliphatic carbocycles. The van der Waals surface area contributed by atoms with Crippen molar-refractivity contribution in [2.24, 2.45) is 0 Å². The van der Waals surface area contributed by atoms with Crippen LogP contribution in [0.3, 0.4) is 0 Å². The van der Waals surface area contributed by atoms with E-state index in [1.54, 1.807) is 19.5 Å². The van der Waals surface area contributed by atoms with Crippen LogP contribution in [0.25, 0.3) is 11.1 Å². The number of methoxy groups -OCH3 is 1. The number of piperazine rings is 1. The molecule has 4 rings (SSSR count). The second-order valence-corrected chi connectivity index (χ2v) is 7.16. The molecule has 1 fully saturated rings. The van der Waals surface area contributed by atoms with Gasteiger partial charge >= 0.3 is 0 Å². The predicted octanol–water partition coefficient (Wildman–Crippen LogP) is 2.40. The van der Waals surface area contributed by atoms with Gasteiger partial charge in [-0.1, -0.05) is 12.1 Å². The minimum atomic E-state index is 0.0290. The Labute approximate surface area is 175 Å². The van der Waals surface area contributed by atoms with Gasteiger partial charge < -0.3 is 20.3 Å². The van der Waals surface area contributed by atoms with Gasteiger partial charge in [-0.15, -0.1) is 0 Å². The van der Waals surface area contributed by atoms with E-state index in [1.807, 2.05) is 48.2 Å². The number of nitrogen functional groups attached to an aromatic ring is 1. The fraction of sp³-hybridized carbons (Fsp3) is 0.273. The zero-order chi connectivity index (χ0) is 21.1. The summed E-state index contributed by atoms with van der Waals surface area (Å²) < 4.78 is 5.37. The number of amides is 1. The average molecular weight is 404 g/mol. The van der Waals surface area contributed by atoms with Crippen molar-refractivity contribution in [2.75, 3.05) is 43.9 Å². The molecule has 0 spiro atoms. The maximum Gasteiger partial charge on any atom is 0.253 e. The van der Waals surface area contributed by atoms with Gasteiger partial charge in [0.15, 0.2) is 0 Å². The van der Waals surface area contributed by atoms with Gasteiger partial charge in [-0.3, -0.25) is 9.78 Å². The van der Waals surface area contributed by atoms with Crippen molar-refractivity contribution >= 4 is 17.7 Å². The van der Waals surface area contributed by atoms with Gasteiger partial charge in [0.2, 0.25) is 5.95 Å². The summed E-state index contributed by atoms with van der Waals surface area (Å²) in [5.74, 6) is 1.81. The van der Waals surface area contributed by atoms with E-state index in [1.165, 1.54) is 0 Å². The highest BCUT2D eigenvalue weighted by Gasteiger charge is 2.23. The van der Waals surface area contributed by atoms with Crippen molar-refractivity contribution < 1.29 is 9.53 Å². The van der Waals surface area contributed by atoms with Gasteiger partial charge in [0, 0.05) is 55.3 Å². The average Bonchev–Trinajstić information content (AvgIpc) is 2.78. The number of anilines is 2. The molecule has 2 N–H and O–H groups in total. The molecule has 154 valence electrons. The number of aryl methyl sites for hydroxylation is 1. The van der Waals surface area contributed by atoms with Crippen LogP contribution in [-0.4, -0.2) is 59.0 Å². The van der Waals surface area contributed by atoms with Crippen molar-refractivity contribution in [3.05, 3.63) is 60.0 Å². The summed E-state index contributed by atoms with van der Waals surface area (Å²) in [6.45, 7) is 4.55. The van der Waals surface area contributed by atoms with E-state index >= 15 is 0 Å². The number of rotatable bonds is 4. The Bertz CT molecular complexity index is 1030. The van der Waals surface area contributed by atoms with Gasteiger partial charge in [0.25, 0.3) is 5.91 Å². The number of benzene rings is 1. The number of hydrogen-bond acceptors (Lipinski definition) is 7. The van der Waals surface area contributed by atoms with Crippen LogP contribution in [0.15, 0.2) is 48.8 Å². The number of carbonyl (C=O) groups excluding carboxylic acids is 1. The Morgan fingerprint density at radius 3 is 2.47 bits per heavy atom. The molecule has 1 saturated heterocycles. The monoisotopic (exact) mass is 404 g/mol. The summed E-state index contributed by atoms with van der Waals surface area (Å²) in [5.41, 5.74) is 9.19. The van der Waals surface area contributed by atoms with Crippen molar-refractivity contribution in [2.45, 2.75) is 6.92 Å². The standard InChI is InChI=1S/C22H24N6O2/c1-15-13-20(26-22(23)25-15)27-9-11-28(12-10-27)21(29)17-5-3-16(4-6-17)18-7-8-24-14-19(18)30-2/h3-8,13-14H,9-12H2,1-2H3,(H2,23,25,26). The number of carbonyl (C=O) groups is 1. The third kappa shape index (κ3) is 4.03. The van der Waals surface area contributed by atoms with Gasteiger partial charge in [0.05, 0.1) is 13.3 Å². The second-order valence-electron chi connectivity index (χ2n) is 7.16. The van der Waals surface area contributed by atoms with Crippen LogP contribution < -0.4 is 15.4 Å². The predicted molar refractivity (Wildman–Crippen MR) is 116 cm³/mol. The first-order valence-corrected chi connectivity index (χ1v) is 9.79. The molecule has 30 heavy (non-hydrogen) atoms. The summed E-state index contributed by atoms with van der Waals surface area (Å²) in [7, 11) is 1.62. The van der Waals surface area contributed by atoms with Crippen LogP contribution in [0.2, 0.25) is 0 Å². The SMILES string of the molecule is COc1cnccc1-c1ccc(C(=O)N2CCN(c3cc(C)nc(N)n3)CC2)cc1. The molecule has 0 saturated carbocycles. The van der Waals surface area contributed by atoms with Gasteiger partial charge in [-0.25, -0.2) is 4.98 Å². The lowest BCUT2D eigenvalue weighted by atomic mass is 10.0. The minimum absolute atomic E-state index is 0.0290. The van der Waals surface area contributed by atoms with E-state index < -0.39 is 0 Å². The maximum absolute atomic E-state index is 12.9. The highest BCUT2D eigenvalue weighted by atomic mass is 16.5. The Balaban J connectivity index is 1.43. The van der Waals surface area contributed by atoms with Crippen molar-refractivity contribution in [3.8, 4) is 16.9 Å². The zero-order valence-corrected chi connectivity index (χ0v) is 17.1. The van der Waals surface area contributed by atoms with Crippen LogP contribution in [0.1, 0.15) is 16.1 Å². The first-order chi connectivity index (χ1) is 14.5. The molecule has 1 aliphatic heterocycles. The highest BCUT2D eigenvalue weighted by Crippen LogP contribution is 2.29. The van der Waals surface area contributed by atoms with Crippen LogP contribution >= 0.6 is 0 Å². The summed E-state index contributed by atoms with van der Waals surface area (Å²) in [6, 6.07) is 11.4. The van der Waals surface area contributed by atoms with Gasteiger partial charge in [-0.2, -0.15) is 4.98 Å². The number of hydrogen-bond donors (Lipinski definition) is 1. The molecule has 1 aliphatic rings. The summed E-state index contributed by atoms with van der Waals surface area (Å²) in [6.07, 6.45) is 3.41. The molecule has 3 aromatic rings. The Morgan fingerprint density at radius 1 is 1.07 bits per heavy atom. The van der Waals surface area contributed by atoms with Crippen LogP contribution in [0, 0.1) is 6.92 Å². The van der Waals surface area contributed by atoms with Crippen LogP contribution in [0.4, 0.5) is 11.8 Å². The topological polar surface area (TPSA) is 97.5 Å². The fourth-order valence-electron chi connectivity index (χ4n) is 3.63. The molecule has 8 nitrogen and oxygen atoms in total. The lowest BCUT2D eigenvalue weighted by molar-refractivity contribution is 0.0746. The Hall–Kier alpha value is -3.68. The first kappa shape index (κ1) is 19.6. The molecule has 0 atom stereocenters. The molecular weight excluding hydrogens is 380 g/mol. The minimum Gasteiger partial charge on any atom is -0.494 e. The van der Waals surface area contributed by atoms with E-state index in [0.29, 0.717) is 37.5 Å². The van der Waals surface area contributed by atoms with Crippen molar-refractivity contribution in [1.29, 1.82) is 0 Å². The van der Waals surface area contributed by atoms with Gasteiger partial charge in [0.1, 0.15) is 11.6 Å². The molecule has 1 amide bonds. The zero-order valence-electron chi connectivity index (χ0n) is 17.1. The van der Waals surface area contributed by atoms with Gasteiger partial charge in [-0.05, 0) is 30.7 Å². The lowest BCUT2D eigenvalue weighted by Gasteiger charge is -2.35. The molecule has 2 aromatic heterocycles. The fourth-order valence-corrected chi connectivity index (χ4v) is 3.63. The molecule has 0 bridgehead atoms. The second kappa shape index (κ2) is 8.36. The number of aromatic nitrogens is 3. The Kier molecular flexibility index (Phi) is 5.47. The molecule has 0 radical (unpaired) electrons.